The van der Waals surface area contributed by atoms with E-state index in [0.717, 1.165) is 16.5 Å². The van der Waals surface area contributed by atoms with Crippen LogP contribution in [0.3, 0.4) is 0 Å². The Morgan fingerprint density at radius 1 is 1.11 bits per heavy atom. The molecule has 0 saturated heterocycles. The molecule has 1 aliphatic heterocycles. The van der Waals surface area contributed by atoms with E-state index in [1.807, 2.05) is 31.2 Å². The number of fused-ring (bicyclic) bond motifs is 2. The van der Waals surface area contributed by atoms with E-state index in [9.17, 15) is 18.3 Å². The van der Waals surface area contributed by atoms with E-state index in [-0.39, 0.29) is 0 Å². The highest BCUT2D eigenvalue weighted by atomic mass is 19.4. The van der Waals surface area contributed by atoms with Gasteiger partial charge in [0.25, 0.3) is 0 Å². The number of aryl methyl sites for hydroxylation is 1. The first-order valence-electron chi connectivity index (χ1n) is 8.76. The van der Waals surface area contributed by atoms with Crippen LogP contribution in [0.1, 0.15) is 30.2 Å². The Morgan fingerprint density at radius 3 is 2.56 bits per heavy atom. The van der Waals surface area contributed by atoms with Crippen LogP contribution < -0.4 is 4.74 Å². The van der Waals surface area contributed by atoms with Gasteiger partial charge in [-0.2, -0.15) is 13.2 Å². The summed E-state index contributed by atoms with van der Waals surface area (Å²) in [4.78, 5) is 2.97. The van der Waals surface area contributed by atoms with Gasteiger partial charge in [-0.15, -0.1) is 0 Å². The number of benzene rings is 2. The van der Waals surface area contributed by atoms with Gasteiger partial charge in [0.15, 0.2) is 5.60 Å². The van der Waals surface area contributed by atoms with E-state index in [1.165, 1.54) is 0 Å². The number of alkyl halides is 3. The number of hydrogen-bond donors (Lipinski definition) is 2. The number of aromatic amines is 1. The average Bonchev–Trinajstić information content (AvgIpc) is 2.97. The van der Waals surface area contributed by atoms with Crippen molar-refractivity contribution in [1.29, 1.82) is 0 Å². The van der Waals surface area contributed by atoms with Crippen LogP contribution in [0, 0.1) is 6.92 Å². The molecule has 0 aliphatic carbocycles. The van der Waals surface area contributed by atoms with Gasteiger partial charge in [0, 0.05) is 29.6 Å². The maximum absolute atomic E-state index is 13.9. The fourth-order valence-corrected chi connectivity index (χ4v) is 3.89. The number of hydrogen-bond acceptors (Lipinski definition) is 2. The summed E-state index contributed by atoms with van der Waals surface area (Å²) >= 11 is 0. The van der Waals surface area contributed by atoms with Gasteiger partial charge >= 0.3 is 6.18 Å². The lowest BCUT2D eigenvalue weighted by molar-refractivity contribution is -0.276. The van der Waals surface area contributed by atoms with Gasteiger partial charge < -0.3 is 14.8 Å². The molecule has 0 saturated carbocycles. The van der Waals surface area contributed by atoms with Gasteiger partial charge in [0.1, 0.15) is 11.4 Å². The van der Waals surface area contributed by atoms with Crippen molar-refractivity contribution < 1.29 is 23.0 Å². The third-order valence-corrected chi connectivity index (χ3v) is 5.27. The topological polar surface area (TPSA) is 45.2 Å². The highest BCUT2D eigenvalue weighted by Crippen LogP contribution is 2.51. The molecular weight excluding hydrogens is 355 g/mol. The summed E-state index contributed by atoms with van der Waals surface area (Å²) in [6.07, 6.45) is -5.93. The molecule has 2 aromatic carbocycles. The van der Waals surface area contributed by atoms with Crippen molar-refractivity contribution in [2.75, 3.05) is 0 Å². The molecule has 4 rings (SSSR count). The first kappa shape index (κ1) is 17.9. The lowest BCUT2D eigenvalue weighted by Crippen LogP contribution is -2.54. The van der Waals surface area contributed by atoms with Gasteiger partial charge in [0.05, 0.1) is 0 Å². The summed E-state index contributed by atoms with van der Waals surface area (Å²) in [5, 5.41) is 11.5. The second-order valence-corrected chi connectivity index (χ2v) is 7.60. The monoisotopic (exact) mass is 375 g/mol. The summed E-state index contributed by atoms with van der Waals surface area (Å²) in [5.74, 6) is 0.568. The molecule has 2 unspecified atom stereocenters. The molecule has 0 radical (unpaired) electrons. The molecule has 3 nitrogen and oxygen atoms in total. The Labute approximate surface area is 154 Å². The van der Waals surface area contributed by atoms with Crippen LogP contribution in [-0.2, 0) is 12.0 Å². The lowest BCUT2D eigenvalue weighted by atomic mass is 9.77. The molecule has 0 spiro atoms. The molecule has 3 aromatic rings. The number of para-hydroxylation sites is 1. The lowest BCUT2D eigenvalue weighted by Gasteiger charge is -2.46. The molecule has 142 valence electrons. The first-order chi connectivity index (χ1) is 12.6. The molecule has 2 atom stereocenters. The fourth-order valence-electron chi connectivity index (χ4n) is 3.89. The van der Waals surface area contributed by atoms with Gasteiger partial charge in [-0.25, -0.2) is 0 Å². The zero-order valence-electron chi connectivity index (χ0n) is 15.0. The molecular formula is C21H20F3NO2. The van der Waals surface area contributed by atoms with Crippen LogP contribution in [0.4, 0.5) is 13.2 Å². The largest absolute Gasteiger partial charge is 0.482 e. The molecule has 27 heavy (non-hydrogen) atoms. The molecule has 2 heterocycles. The summed E-state index contributed by atoms with van der Waals surface area (Å²) in [7, 11) is 0. The van der Waals surface area contributed by atoms with Crippen molar-refractivity contribution in [3.8, 4) is 5.75 Å². The second kappa shape index (κ2) is 5.76. The normalized spacial score (nSPS) is 21.3. The van der Waals surface area contributed by atoms with Crippen molar-refractivity contribution in [2.45, 2.75) is 44.1 Å². The van der Waals surface area contributed by atoms with Crippen LogP contribution in [0.5, 0.6) is 5.75 Å². The molecule has 0 amide bonds. The minimum atomic E-state index is -4.80. The minimum absolute atomic E-state index is 0.336. The molecule has 6 heteroatoms. The Hall–Kier alpha value is -2.47. The van der Waals surface area contributed by atoms with Crippen LogP contribution in [0.15, 0.2) is 48.5 Å². The second-order valence-electron chi connectivity index (χ2n) is 7.60. The zero-order chi connectivity index (χ0) is 19.4. The number of aliphatic hydroxyl groups is 1. The van der Waals surface area contributed by atoms with E-state index in [2.05, 4.69) is 4.98 Å². The Morgan fingerprint density at radius 2 is 1.85 bits per heavy atom. The maximum Gasteiger partial charge on any atom is 0.417 e. The van der Waals surface area contributed by atoms with Gasteiger partial charge in [-0.1, -0.05) is 29.8 Å². The molecule has 0 bridgehead atoms. The Kier molecular flexibility index (Phi) is 3.82. The molecule has 1 aliphatic rings. The summed E-state index contributed by atoms with van der Waals surface area (Å²) in [5.41, 5.74) is -1.38. The highest BCUT2D eigenvalue weighted by molar-refractivity contribution is 5.80. The Bertz CT molecular complexity index is 977. The standard InChI is InChI=1S/C21H20F3NO2/c1-13-7-8-18-16(9-13)19(2,27-18)12-20(26,21(22,23)24)11-15-10-14-5-3-4-6-17(14)25-15/h3-10,25-26H,11-12H2,1-2H3. The number of rotatable bonds is 4. The van der Waals surface area contributed by atoms with Crippen molar-refractivity contribution in [3.05, 3.63) is 65.4 Å². The number of halogens is 3. The first-order valence-corrected chi connectivity index (χ1v) is 8.76. The van der Waals surface area contributed by atoms with Gasteiger partial charge in [0.2, 0.25) is 0 Å². The van der Waals surface area contributed by atoms with Crippen LogP contribution in [0.25, 0.3) is 10.9 Å². The van der Waals surface area contributed by atoms with E-state index in [4.69, 9.17) is 4.74 Å². The van der Waals surface area contributed by atoms with Crippen LogP contribution in [-0.4, -0.2) is 21.9 Å². The molecule has 2 N–H and O–H groups in total. The third-order valence-electron chi connectivity index (χ3n) is 5.27. The van der Waals surface area contributed by atoms with Crippen molar-refractivity contribution in [1.82, 2.24) is 4.98 Å². The van der Waals surface area contributed by atoms with E-state index in [1.54, 1.807) is 31.2 Å². The number of aromatic nitrogens is 1. The quantitative estimate of drug-likeness (QED) is 0.673. The van der Waals surface area contributed by atoms with Crippen molar-refractivity contribution in [3.63, 3.8) is 0 Å². The van der Waals surface area contributed by atoms with Crippen LogP contribution >= 0.6 is 0 Å². The average molecular weight is 375 g/mol. The van der Waals surface area contributed by atoms with E-state index in [0.29, 0.717) is 17.0 Å². The smallest absolute Gasteiger partial charge is 0.417 e. The highest BCUT2D eigenvalue weighted by Gasteiger charge is 2.59. The van der Waals surface area contributed by atoms with Gasteiger partial charge in [-0.3, -0.25) is 0 Å². The maximum atomic E-state index is 13.9. The number of ether oxygens (including phenoxy) is 1. The van der Waals surface area contributed by atoms with E-state index < -0.39 is 30.2 Å². The Balaban J connectivity index is 1.67. The van der Waals surface area contributed by atoms with Crippen LogP contribution in [0.2, 0.25) is 0 Å². The minimum Gasteiger partial charge on any atom is -0.482 e. The molecule has 0 fully saturated rings. The molecule has 1 aromatic heterocycles. The van der Waals surface area contributed by atoms with E-state index >= 15 is 0 Å². The summed E-state index contributed by atoms with van der Waals surface area (Å²) < 4.78 is 47.3. The number of nitrogens with one attached hydrogen (secondary N) is 1. The van der Waals surface area contributed by atoms with Crippen molar-refractivity contribution >= 4 is 10.9 Å². The fraction of sp³-hybridized carbons (Fsp3) is 0.333. The van der Waals surface area contributed by atoms with Gasteiger partial charge in [-0.05, 0) is 43.5 Å². The zero-order valence-corrected chi connectivity index (χ0v) is 15.0. The predicted octanol–water partition coefficient (Wildman–Crippen LogP) is 5.01. The summed E-state index contributed by atoms with van der Waals surface area (Å²) in [6, 6.07) is 14.3. The summed E-state index contributed by atoms with van der Waals surface area (Å²) in [6.45, 7) is 3.47. The number of H-pyrrole nitrogens is 1. The predicted molar refractivity (Wildman–Crippen MR) is 96.8 cm³/mol. The SMILES string of the molecule is Cc1ccc2c(c1)C(C)(CC(O)(Cc1cc3ccccc3[nH]1)C(F)(F)F)O2. The third kappa shape index (κ3) is 2.98. The van der Waals surface area contributed by atoms with Crippen molar-refractivity contribution in [2.24, 2.45) is 0 Å².